The number of hydrogen-bond donors (Lipinski definition) is 3. The molecule has 1 saturated heterocycles. The molecular weight excluding hydrogens is 949 g/mol. The van der Waals surface area contributed by atoms with Gasteiger partial charge in [0.05, 0.1) is 6.61 Å². The Hall–Kier alpha value is -3.32. The monoisotopic (exact) mass is 1060 g/mol. The molecule has 0 amide bonds. The SMILES string of the molecule is CCCC/C=C\CCCCCCCC(=O)OC(COC(=O)CCCCCCCCCCCCCCCCC)COC1OC(C(=O)O)C(O)C(O)C1OC(=O)CCCCCCCC/C=C\C/C=C\C/C=C\CCCCC. The molecular formula is C63H110O12. The molecule has 1 aliphatic heterocycles. The molecule has 0 saturated carbocycles. The number of hydrogen-bond acceptors (Lipinski definition) is 11. The minimum atomic E-state index is -1.91. The van der Waals surface area contributed by atoms with E-state index >= 15 is 0 Å². The highest BCUT2D eigenvalue weighted by molar-refractivity contribution is 5.74. The third kappa shape index (κ3) is 41.5. The van der Waals surface area contributed by atoms with Crippen LogP contribution in [0.5, 0.6) is 0 Å². The third-order valence-corrected chi connectivity index (χ3v) is 13.9. The molecule has 0 radical (unpaired) electrons. The van der Waals surface area contributed by atoms with Gasteiger partial charge in [0.2, 0.25) is 0 Å². The summed E-state index contributed by atoms with van der Waals surface area (Å²) in [7, 11) is 0. The lowest BCUT2D eigenvalue weighted by molar-refractivity contribution is -0.301. The van der Waals surface area contributed by atoms with Crippen LogP contribution in [-0.4, -0.2) is 89.2 Å². The van der Waals surface area contributed by atoms with Crippen molar-refractivity contribution in [2.45, 2.75) is 314 Å². The van der Waals surface area contributed by atoms with Crippen molar-refractivity contribution in [3.63, 3.8) is 0 Å². The zero-order chi connectivity index (χ0) is 54.7. The maximum absolute atomic E-state index is 13.1. The Morgan fingerprint density at radius 1 is 0.440 bits per heavy atom. The number of allylic oxidation sites excluding steroid dienone is 8. The molecule has 1 fully saturated rings. The summed E-state index contributed by atoms with van der Waals surface area (Å²) < 4.78 is 28.4. The highest BCUT2D eigenvalue weighted by Crippen LogP contribution is 2.26. The number of carbonyl (C=O) groups is 4. The Morgan fingerprint density at radius 2 is 0.813 bits per heavy atom. The Balaban J connectivity index is 2.65. The molecule has 1 aliphatic rings. The molecule has 0 aliphatic carbocycles. The van der Waals surface area contributed by atoms with E-state index in [-0.39, 0.29) is 25.9 Å². The number of aliphatic carboxylic acids is 1. The van der Waals surface area contributed by atoms with Crippen LogP contribution in [0.2, 0.25) is 0 Å². The third-order valence-electron chi connectivity index (χ3n) is 13.9. The maximum Gasteiger partial charge on any atom is 0.335 e. The van der Waals surface area contributed by atoms with Crippen molar-refractivity contribution in [2.24, 2.45) is 0 Å². The van der Waals surface area contributed by atoms with Gasteiger partial charge in [-0.05, 0) is 77.0 Å². The van der Waals surface area contributed by atoms with Crippen LogP contribution in [0.3, 0.4) is 0 Å². The van der Waals surface area contributed by atoms with E-state index in [1.165, 1.54) is 109 Å². The first kappa shape index (κ1) is 69.7. The molecule has 3 N–H and O–H groups in total. The second-order valence-electron chi connectivity index (χ2n) is 21.0. The van der Waals surface area contributed by atoms with Gasteiger partial charge in [-0.1, -0.05) is 230 Å². The number of carboxylic acids is 1. The van der Waals surface area contributed by atoms with Crippen molar-refractivity contribution in [3.05, 3.63) is 48.6 Å². The van der Waals surface area contributed by atoms with E-state index in [4.69, 9.17) is 23.7 Å². The summed E-state index contributed by atoms with van der Waals surface area (Å²) in [4.78, 5) is 51.1. The molecule has 75 heavy (non-hydrogen) atoms. The van der Waals surface area contributed by atoms with Gasteiger partial charge in [-0.15, -0.1) is 0 Å². The number of aliphatic hydroxyl groups excluding tert-OH is 2. The van der Waals surface area contributed by atoms with E-state index in [2.05, 4.69) is 69.4 Å². The molecule has 1 rings (SSSR count). The average molecular weight is 1060 g/mol. The number of aliphatic hydroxyl groups is 2. The van der Waals surface area contributed by atoms with Crippen molar-refractivity contribution in [2.75, 3.05) is 13.2 Å². The predicted molar refractivity (Wildman–Crippen MR) is 303 cm³/mol. The van der Waals surface area contributed by atoms with E-state index in [0.29, 0.717) is 19.3 Å². The summed E-state index contributed by atoms with van der Waals surface area (Å²) >= 11 is 0. The molecule has 6 atom stereocenters. The first-order valence-electron chi connectivity index (χ1n) is 30.6. The van der Waals surface area contributed by atoms with E-state index in [1.807, 2.05) is 0 Å². The lowest BCUT2D eigenvalue weighted by atomic mass is 9.98. The molecule has 0 bridgehead atoms. The van der Waals surface area contributed by atoms with Crippen molar-refractivity contribution >= 4 is 23.9 Å². The predicted octanol–water partition coefficient (Wildman–Crippen LogP) is 15.8. The Kier molecular flexibility index (Phi) is 47.8. The molecule has 0 spiro atoms. The lowest BCUT2D eigenvalue weighted by Gasteiger charge is -2.40. The van der Waals surface area contributed by atoms with Gasteiger partial charge in [0.1, 0.15) is 18.8 Å². The minimum absolute atomic E-state index is 0.0466. The van der Waals surface area contributed by atoms with E-state index in [1.54, 1.807) is 0 Å². The average Bonchev–Trinajstić information content (AvgIpc) is 3.39. The highest BCUT2D eigenvalue weighted by atomic mass is 16.7. The highest BCUT2D eigenvalue weighted by Gasteiger charge is 2.50. The zero-order valence-corrected chi connectivity index (χ0v) is 47.8. The van der Waals surface area contributed by atoms with E-state index in [0.717, 1.165) is 109 Å². The molecule has 1 heterocycles. The molecule has 12 nitrogen and oxygen atoms in total. The number of esters is 3. The van der Waals surface area contributed by atoms with Crippen molar-refractivity contribution in [1.82, 2.24) is 0 Å². The standard InChI is InChI=1S/C63H110O12/c1-4-7-10-13-16-19-22-24-26-27-28-29-31-33-36-39-42-45-48-51-57(66)74-61-59(68)58(67)60(62(69)70)75-63(61)72-53-54(73-56(65)50-47-44-41-38-34-21-18-15-12-9-6-3)52-71-55(64)49-46-43-40-37-35-32-30-25-23-20-17-14-11-8-5-2/h15-16,18-19,24,26,28-29,54,58-61,63,67-68H,4-14,17,20-23,25,27,30-53H2,1-3H3,(H,69,70)/b18-15-,19-16-,26-24-,29-28-. The fraction of sp³-hybridized carbons (Fsp3) is 0.810. The normalized spacial score (nSPS) is 18.4. The van der Waals surface area contributed by atoms with Gasteiger partial charge in [0.25, 0.3) is 0 Å². The second-order valence-corrected chi connectivity index (χ2v) is 21.0. The van der Waals surface area contributed by atoms with Gasteiger partial charge >= 0.3 is 23.9 Å². The Bertz CT molecular complexity index is 1490. The van der Waals surface area contributed by atoms with Crippen molar-refractivity contribution in [3.8, 4) is 0 Å². The van der Waals surface area contributed by atoms with Gasteiger partial charge in [-0.2, -0.15) is 0 Å². The van der Waals surface area contributed by atoms with Crippen LogP contribution in [0.1, 0.15) is 278 Å². The lowest BCUT2D eigenvalue weighted by Crippen LogP contribution is -2.61. The number of carboxylic acid groups (broad SMARTS) is 1. The minimum Gasteiger partial charge on any atom is -0.479 e. The summed E-state index contributed by atoms with van der Waals surface area (Å²) in [5.41, 5.74) is 0. The topological polar surface area (TPSA) is 175 Å². The van der Waals surface area contributed by atoms with Crippen molar-refractivity contribution < 1.29 is 58.2 Å². The van der Waals surface area contributed by atoms with Gasteiger partial charge in [0.15, 0.2) is 24.6 Å². The summed E-state index contributed by atoms with van der Waals surface area (Å²) in [6, 6.07) is 0. The summed E-state index contributed by atoms with van der Waals surface area (Å²) in [6.45, 7) is 5.94. The largest absolute Gasteiger partial charge is 0.479 e. The summed E-state index contributed by atoms with van der Waals surface area (Å²) in [6.07, 6.45) is 49.3. The molecule has 0 aromatic rings. The second kappa shape index (κ2) is 51.4. The fourth-order valence-corrected chi connectivity index (χ4v) is 9.12. The first-order chi connectivity index (χ1) is 36.6. The Morgan fingerprint density at radius 3 is 1.29 bits per heavy atom. The molecule has 0 aromatic carbocycles. The number of unbranched alkanes of at least 4 members (excludes halogenated alkanes) is 30. The van der Waals surface area contributed by atoms with Crippen LogP contribution in [0, 0.1) is 0 Å². The van der Waals surface area contributed by atoms with E-state index < -0.39 is 67.3 Å². The summed E-state index contributed by atoms with van der Waals surface area (Å²) in [5, 5.41) is 31.5. The van der Waals surface area contributed by atoms with Crippen LogP contribution in [0.25, 0.3) is 0 Å². The summed E-state index contributed by atoms with van der Waals surface area (Å²) in [5.74, 6) is -3.13. The van der Waals surface area contributed by atoms with Crippen LogP contribution < -0.4 is 0 Å². The van der Waals surface area contributed by atoms with Gasteiger partial charge < -0.3 is 39.0 Å². The van der Waals surface area contributed by atoms with Crippen LogP contribution in [0.15, 0.2) is 48.6 Å². The molecule has 12 heteroatoms. The Labute approximate surface area is 456 Å². The van der Waals surface area contributed by atoms with Crippen molar-refractivity contribution in [1.29, 1.82) is 0 Å². The number of carbonyl (C=O) groups excluding carboxylic acids is 3. The van der Waals surface area contributed by atoms with Gasteiger partial charge in [0, 0.05) is 19.3 Å². The van der Waals surface area contributed by atoms with E-state index in [9.17, 15) is 34.5 Å². The number of rotatable bonds is 52. The van der Waals surface area contributed by atoms with Gasteiger partial charge in [-0.25, -0.2) is 4.79 Å². The molecule has 6 unspecified atom stereocenters. The first-order valence-corrected chi connectivity index (χ1v) is 30.6. The molecule has 0 aromatic heterocycles. The zero-order valence-electron chi connectivity index (χ0n) is 47.8. The van der Waals surface area contributed by atoms with Gasteiger partial charge in [-0.3, -0.25) is 14.4 Å². The quantitative estimate of drug-likeness (QED) is 0.0228. The number of ether oxygens (including phenoxy) is 5. The fourth-order valence-electron chi connectivity index (χ4n) is 9.12. The van der Waals surface area contributed by atoms with Crippen LogP contribution in [0.4, 0.5) is 0 Å². The molecule has 434 valence electrons. The maximum atomic E-state index is 13.1. The van der Waals surface area contributed by atoms with Crippen LogP contribution in [-0.2, 0) is 42.9 Å². The smallest absolute Gasteiger partial charge is 0.335 e. The van der Waals surface area contributed by atoms with Crippen LogP contribution >= 0.6 is 0 Å².